The molecule has 2 aliphatic heterocycles. The largest absolute Gasteiger partial charge is 0.454 e. The Labute approximate surface area is 142 Å². The van der Waals surface area contributed by atoms with Crippen LogP contribution in [0.15, 0.2) is 18.2 Å². The number of hydrogen-bond acceptors (Lipinski definition) is 4. The van der Waals surface area contributed by atoms with Gasteiger partial charge in [0, 0.05) is 38.2 Å². The fourth-order valence-electron chi connectivity index (χ4n) is 2.94. The number of carbonyl (C=O) groups is 2. The van der Waals surface area contributed by atoms with Crippen LogP contribution < -0.4 is 9.47 Å². The van der Waals surface area contributed by atoms with E-state index in [2.05, 4.69) is 20.8 Å². The molecule has 2 aliphatic rings. The first-order valence-electron chi connectivity index (χ1n) is 8.30. The Morgan fingerprint density at radius 1 is 1.00 bits per heavy atom. The number of ether oxygens (including phenoxy) is 2. The topological polar surface area (TPSA) is 59.1 Å². The van der Waals surface area contributed by atoms with Crippen molar-refractivity contribution < 1.29 is 19.1 Å². The molecular formula is C18H24N2O4. The second kappa shape index (κ2) is 6.34. The van der Waals surface area contributed by atoms with Crippen LogP contribution in [0.3, 0.4) is 0 Å². The molecule has 24 heavy (non-hydrogen) atoms. The molecule has 0 aromatic heterocycles. The summed E-state index contributed by atoms with van der Waals surface area (Å²) >= 11 is 0. The number of hydrogen-bond donors (Lipinski definition) is 0. The molecular weight excluding hydrogens is 308 g/mol. The van der Waals surface area contributed by atoms with Gasteiger partial charge in [-0.25, -0.2) is 0 Å². The second-order valence-corrected chi connectivity index (χ2v) is 7.48. The molecule has 130 valence electrons. The van der Waals surface area contributed by atoms with Crippen LogP contribution in [-0.4, -0.2) is 54.6 Å². The lowest BCUT2D eigenvalue weighted by atomic mass is 9.91. The van der Waals surface area contributed by atoms with Crippen LogP contribution in [-0.2, 0) is 4.79 Å². The average molecular weight is 332 g/mol. The highest BCUT2D eigenvalue weighted by atomic mass is 16.7. The van der Waals surface area contributed by atoms with Crippen molar-refractivity contribution in [1.82, 2.24) is 9.80 Å². The fourth-order valence-corrected chi connectivity index (χ4v) is 2.94. The maximum atomic E-state index is 12.6. The van der Waals surface area contributed by atoms with Crippen molar-refractivity contribution in [3.05, 3.63) is 23.8 Å². The summed E-state index contributed by atoms with van der Waals surface area (Å²) in [7, 11) is 0. The Bertz CT molecular complexity index is 643. The number of nitrogens with zero attached hydrogens (tertiary/aromatic N) is 2. The van der Waals surface area contributed by atoms with E-state index in [-0.39, 0.29) is 24.0 Å². The summed E-state index contributed by atoms with van der Waals surface area (Å²) in [5.41, 5.74) is 0.574. The van der Waals surface area contributed by atoms with Crippen LogP contribution in [0.1, 0.15) is 37.6 Å². The molecule has 1 fully saturated rings. The lowest BCUT2D eigenvalue weighted by Gasteiger charge is -2.36. The molecule has 0 atom stereocenters. The van der Waals surface area contributed by atoms with Crippen molar-refractivity contribution in [2.24, 2.45) is 5.41 Å². The van der Waals surface area contributed by atoms with Gasteiger partial charge in [0.2, 0.25) is 12.7 Å². The van der Waals surface area contributed by atoms with E-state index >= 15 is 0 Å². The summed E-state index contributed by atoms with van der Waals surface area (Å²) in [6.45, 7) is 8.67. The molecule has 1 aromatic rings. The lowest BCUT2D eigenvalue weighted by molar-refractivity contribution is -0.134. The predicted molar refractivity (Wildman–Crippen MR) is 89.1 cm³/mol. The van der Waals surface area contributed by atoms with E-state index in [9.17, 15) is 9.59 Å². The maximum absolute atomic E-state index is 12.6. The third-order valence-corrected chi connectivity index (χ3v) is 4.22. The van der Waals surface area contributed by atoms with Crippen molar-refractivity contribution in [1.29, 1.82) is 0 Å². The molecule has 0 saturated carbocycles. The van der Waals surface area contributed by atoms with Gasteiger partial charge >= 0.3 is 0 Å². The molecule has 3 rings (SSSR count). The van der Waals surface area contributed by atoms with Crippen molar-refractivity contribution in [2.45, 2.75) is 27.2 Å². The predicted octanol–water partition coefficient (Wildman–Crippen LogP) is 2.14. The zero-order valence-corrected chi connectivity index (χ0v) is 14.5. The first kappa shape index (κ1) is 16.6. The normalized spacial score (nSPS) is 17.1. The quantitative estimate of drug-likeness (QED) is 0.832. The van der Waals surface area contributed by atoms with Gasteiger partial charge in [0.25, 0.3) is 5.91 Å². The molecule has 0 bridgehead atoms. The molecule has 6 nitrogen and oxygen atoms in total. The van der Waals surface area contributed by atoms with Crippen molar-refractivity contribution in [3.63, 3.8) is 0 Å². The van der Waals surface area contributed by atoms with Crippen molar-refractivity contribution in [2.75, 3.05) is 33.0 Å². The minimum Gasteiger partial charge on any atom is -0.454 e. The van der Waals surface area contributed by atoms with E-state index in [0.29, 0.717) is 49.7 Å². The highest BCUT2D eigenvalue weighted by molar-refractivity contribution is 5.95. The Kier molecular flexibility index (Phi) is 4.39. The Morgan fingerprint density at radius 3 is 2.29 bits per heavy atom. The minimum atomic E-state index is -0.0313. The Hall–Kier alpha value is -2.24. The molecule has 6 heteroatoms. The van der Waals surface area contributed by atoms with Crippen LogP contribution in [0.2, 0.25) is 0 Å². The number of carbonyl (C=O) groups excluding carboxylic acids is 2. The van der Waals surface area contributed by atoms with Gasteiger partial charge < -0.3 is 19.3 Å². The highest BCUT2D eigenvalue weighted by Crippen LogP contribution is 2.32. The van der Waals surface area contributed by atoms with E-state index in [1.54, 1.807) is 23.1 Å². The first-order valence-corrected chi connectivity index (χ1v) is 8.30. The fraction of sp³-hybridized carbons (Fsp3) is 0.556. The number of amides is 2. The van der Waals surface area contributed by atoms with Crippen LogP contribution in [0.25, 0.3) is 0 Å². The van der Waals surface area contributed by atoms with E-state index in [4.69, 9.17) is 9.47 Å². The van der Waals surface area contributed by atoms with Gasteiger partial charge in [0.15, 0.2) is 11.5 Å². The summed E-state index contributed by atoms with van der Waals surface area (Å²) in [5.74, 6) is 1.41. The van der Waals surface area contributed by atoms with Gasteiger partial charge in [-0.15, -0.1) is 0 Å². The van der Waals surface area contributed by atoms with Crippen LogP contribution in [0.5, 0.6) is 11.5 Å². The maximum Gasteiger partial charge on any atom is 0.254 e. The number of benzene rings is 1. The minimum absolute atomic E-state index is 0.0173. The zero-order chi connectivity index (χ0) is 17.3. The van der Waals surface area contributed by atoms with E-state index < -0.39 is 0 Å². The molecule has 1 aromatic carbocycles. The van der Waals surface area contributed by atoms with Crippen LogP contribution >= 0.6 is 0 Å². The molecule has 0 spiro atoms. The van der Waals surface area contributed by atoms with Gasteiger partial charge in [-0.05, 0) is 23.6 Å². The van der Waals surface area contributed by atoms with Gasteiger partial charge in [0.05, 0.1) is 0 Å². The summed E-state index contributed by atoms with van der Waals surface area (Å²) in [6, 6.07) is 5.24. The molecule has 0 radical (unpaired) electrons. The average Bonchev–Trinajstić information content (AvgIpc) is 3.00. The van der Waals surface area contributed by atoms with E-state index in [1.165, 1.54) is 0 Å². The molecule has 0 unspecified atom stereocenters. The van der Waals surface area contributed by atoms with Gasteiger partial charge in [-0.2, -0.15) is 0 Å². The van der Waals surface area contributed by atoms with Gasteiger partial charge in [-0.1, -0.05) is 20.8 Å². The smallest absolute Gasteiger partial charge is 0.254 e. The van der Waals surface area contributed by atoms with E-state index in [1.807, 2.05) is 4.90 Å². The molecule has 0 aliphatic carbocycles. The molecule has 0 N–H and O–H groups in total. The standard InChI is InChI=1S/C18H24N2O4/c1-18(2,3)11-16(21)19-6-8-20(9-7-19)17(22)13-4-5-14-15(10-13)24-12-23-14/h4-5,10H,6-9,11-12H2,1-3H3. The first-order chi connectivity index (χ1) is 11.3. The summed E-state index contributed by atoms with van der Waals surface area (Å²) in [5, 5.41) is 0. The molecule has 2 amide bonds. The molecule has 1 saturated heterocycles. The third kappa shape index (κ3) is 3.63. The SMILES string of the molecule is CC(C)(C)CC(=O)N1CCN(C(=O)c2ccc3c(c2)OCO3)CC1. The number of fused-ring (bicyclic) bond motifs is 1. The highest BCUT2D eigenvalue weighted by Gasteiger charge is 2.27. The van der Waals surface area contributed by atoms with Crippen molar-refractivity contribution >= 4 is 11.8 Å². The summed E-state index contributed by atoms with van der Waals surface area (Å²) in [6.07, 6.45) is 0.531. The zero-order valence-electron chi connectivity index (χ0n) is 14.5. The third-order valence-electron chi connectivity index (χ3n) is 4.22. The second-order valence-electron chi connectivity index (χ2n) is 7.48. The summed E-state index contributed by atoms with van der Waals surface area (Å²) < 4.78 is 10.6. The lowest BCUT2D eigenvalue weighted by Crippen LogP contribution is -2.51. The van der Waals surface area contributed by atoms with E-state index in [0.717, 1.165) is 0 Å². The molecule has 2 heterocycles. The van der Waals surface area contributed by atoms with Gasteiger partial charge in [-0.3, -0.25) is 9.59 Å². The number of rotatable bonds is 2. The van der Waals surface area contributed by atoms with Crippen molar-refractivity contribution in [3.8, 4) is 11.5 Å². The monoisotopic (exact) mass is 332 g/mol. The van der Waals surface area contributed by atoms with Crippen LogP contribution in [0.4, 0.5) is 0 Å². The van der Waals surface area contributed by atoms with Crippen LogP contribution in [0, 0.1) is 5.41 Å². The van der Waals surface area contributed by atoms with Gasteiger partial charge in [0.1, 0.15) is 0 Å². The number of piperazine rings is 1. The summed E-state index contributed by atoms with van der Waals surface area (Å²) in [4.78, 5) is 28.6. The Morgan fingerprint density at radius 2 is 1.62 bits per heavy atom. The Balaban J connectivity index is 1.58.